The highest BCUT2D eigenvalue weighted by Gasteiger charge is 2.34. The molecule has 0 spiro atoms. The highest BCUT2D eigenvalue weighted by molar-refractivity contribution is 7.91. The summed E-state index contributed by atoms with van der Waals surface area (Å²) in [6.07, 6.45) is 0.352. The molecular weight excluding hydrogens is 340 g/mol. The van der Waals surface area contributed by atoms with Gasteiger partial charge >= 0.3 is 6.61 Å². The molecule has 0 saturated carbocycles. The Kier molecular flexibility index (Phi) is 5.83. The normalized spacial score (nSPS) is 19.4. The van der Waals surface area contributed by atoms with Gasteiger partial charge in [-0.05, 0) is 43.9 Å². The predicted octanol–water partition coefficient (Wildman–Crippen LogP) is 1.93. The van der Waals surface area contributed by atoms with Gasteiger partial charge in [-0.25, -0.2) is 8.42 Å². The molecule has 2 N–H and O–H groups in total. The lowest BCUT2D eigenvalue weighted by Gasteiger charge is -2.32. The third kappa shape index (κ3) is 5.12. The molecule has 24 heavy (non-hydrogen) atoms. The summed E-state index contributed by atoms with van der Waals surface area (Å²) in [7, 11) is -3.05. The van der Waals surface area contributed by atoms with Crippen LogP contribution in [0.1, 0.15) is 29.5 Å². The van der Waals surface area contributed by atoms with Crippen LogP contribution in [0, 0.1) is 13.8 Å². The van der Waals surface area contributed by atoms with Crippen LogP contribution in [-0.2, 0) is 16.4 Å². The van der Waals surface area contributed by atoms with Gasteiger partial charge in [-0.1, -0.05) is 6.07 Å². The molecule has 1 aromatic rings. The van der Waals surface area contributed by atoms with Gasteiger partial charge in [-0.2, -0.15) is 8.78 Å². The highest BCUT2D eigenvalue weighted by atomic mass is 32.2. The maximum atomic E-state index is 12.5. The summed E-state index contributed by atoms with van der Waals surface area (Å²) in [4.78, 5) is 0. The molecule has 0 unspecified atom stereocenters. The van der Waals surface area contributed by atoms with Gasteiger partial charge in [0.15, 0.2) is 9.84 Å². The van der Waals surface area contributed by atoms with E-state index >= 15 is 0 Å². The molecule has 0 atom stereocenters. The molecule has 2 rings (SSSR count). The number of rotatable bonds is 6. The largest absolute Gasteiger partial charge is 0.434 e. The van der Waals surface area contributed by atoms with Crippen molar-refractivity contribution < 1.29 is 27.0 Å². The summed E-state index contributed by atoms with van der Waals surface area (Å²) >= 11 is 0. The molecule has 0 aliphatic carbocycles. The summed E-state index contributed by atoms with van der Waals surface area (Å²) in [5, 5.41) is 13.4. The second-order valence-corrected chi connectivity index (χ2v) is 8.71. The maximum Gasteiger partial charge on any atom is 0.387 e. The van der Waals surface area contributed by atoms with Gasteiger partial charge in [0.25, 0.3) is 0 Å². The molecule has 0 radical (unpaired) electrons. The molecule has 1 heterocycles. The fourth-order valence-corrected chi connectivity index (χ4v) is 4.30. The lowest BCUT2D eigenvalue weighted by Crippen LogP contribution is -2.46. The van der Waals surface area contributed by atoms with Gasteiger partial charge in [0.2, 0.25) is 0 Å². The summed E-state index contributed by atoms with van der Waals surface area (Å²) in [6, 6.07) is 3.34. The van der Waals surface area contributed by atoms with Crippen LogP contribution in [0.15, 0.2) is 12.1 Å². The van der Waals surface area contributed by atoms with Crippen LogP contribution in [0.3, 0.4) is 0 Å². The van der Waals surface area contributed by atoms with Gasteiger partial charge in [0.05, 0.1) is 17.1 Å². The zero-order valence-corrected chi connectivity index (χ0v) is 14.6. The third-order valence-corrected chi connectivity index (χ3v) is 6.07. The fourth-order valence-electron chi connectivity index (χ4n) is 2.72. The Morgan fingerprint density at radius 2 is 1.83 bits per heavy atom. The Bertz CT molecular complexity index is 678. The van der Waals surface area contributed by atoms with E-state index in [0.29, 0.717) is 5.56 Å². The van der Waals surface area contributed by atoms with Crippen molar-refractivity contribution in [1.29, 1.82) is 0 Å². The number of benzene rings is 1. The molecular formula is C16H23F2NO4S. The van der Waals surface area contributed by atoms with E-state index in [2.05, 4.69) is 10.1 Å². The molecule has 0 amide bonds. The van der Waals surface area contributed by atoms with E-state index < -0.39 is 22.0 Å². The molecule has 0 bridgehead atoms. The highest BCUT2D eigenvalue weighted by Crippen LogP contribution is 2.26. The number of ether oxygens (including phenoxy) is 1. The Hall–Kier alpha value is -1.25. The van der Waals surface area contributed by atoms with E-state index in [1.165, 1.54) is 0 Å². The SMILES string of the molecule is Cc1cc(CNCC2(O)CCS(=O)(=O)CC2)c(OC(F)F)cc1C. The topological polar surface area (TPSA) is 75.6 Å². The third-order valence-electron chi connectivity index (χ3n) is 4.42. The average Bonchev–Trinajstić information content (AvgIpc) is 2.47. The molecule has 8 heteroatoms. The van der Waals surface area contributed by atoms with Gasteiger partial charge < -0.3 is 15.2 Å². The predicted molar refractivity (Wildman–Crippen MR) is 87.1 cm³/mol. The van der Waals surface area contributed by atoms with Crippen molar-refractivity contribution in [3.8, 4) is 5.75 Å². The minimum absolute atomic E-state index is 0.0332. The van der Waals surface area contributed by atoms with E-state index in [1.54, 1.807) is 12.1 Å². The van der Waals surface area contributed by atoms with Gasteiger partial charge in [-0.3, -0.25) is 0 Å². The second kappa shape index (κ2) is 7.33. The van der Waals surface area contributed by atoms with Crippen LogP contribution in [-0.4, -0.2) is 43.8 Å². The molecule has 5 nitrogen and oxygen atoms in total. The number of aryl methyl sites for hydroxylation is 2. The Labute approximate surface area is 140 Å². The molecule has 1 aromatic carbocycles. The Balaban J connectivity index is 2.00. The molecule has 1 saturated heterocycles. The summed E-state index contributed by atoms with van der Waals surface area (Å²) in [5.74, 6) is 0.0437. The van der Waals surface area contributed by atoms with Crippen molar-refractivity contribution in [3.05, 3.63) is 28.8 Å². The van der Waals surface area contributed by atoms with E-state index in [0.717, 1.165) is 11.1 Å². The van der Waals surface area contributed by atoms with Crippen molar-refractivity contribution in [2.75, 3.05) is 18.1 Å². The minimum atomic E-state index is -3.05. The molecule has 1 aliphatic rings. The first-order valence-electron chi connectivity index (χ1n) is 7.79. The van der Waals surface area contributed by atoms with E-state index in [1.807, 2.05) is 13.8 Å². The number of aliphatic hydroxyl groups is 1. The minimum Gasteiger partial charge on any atom is -0.434 e. The van der Waals surface area contributed by atoms with Crippen molar-refractivity contribution in [2.45, 2.75) is 45.4 Å². The van der Waals surface area contributed by atoms with Crippen molar-refractivity contribution in [3.63, 3.8) is 0 Å². The van der Waals surface area contributed by atoms with Gasteiger partial charge in [-0.15, -0.1) is 0 Å². The number of nitrogens with one attached hydrogen (secondary N) is 1. The summed E-state index contributed by atoms with van der Waals surface area (Å²) in [6.45, 7) is 1.24. The van der Waals surface area contributed by atoms with Crippen LogP contribution in [0.2, 0.25) is 0 Å². The summed E-state index contributed by atoms with van der Waals surface area (Å²) in [5.41, 5.74) is 1.29. The lowest BCUT2D eigenvalue weighted by atomic mass is 9.96. The Morgan fingerprint density at radius 1 is 1.25 bits per heavy atom. The zero-order chi connectivity index (χ0) is 18.0. The lowest BCUT2D eigenvalue weighted by molar-refractivity contribution is -0.0506. The second-order valence-electron chi connectivity index (χ2n) is 6.40. The number of sulfone groups is 1. The first kappa shape index (κ1) is 19.1. The molecule has 1 fully saturated rings. The zero-order valence-electron chi connectivity index (χ0n) is 13.8. The van der Waals surface area contributed by atoms with Crippen LogP contribution < -0.4 is 10.1 Å². The fraction of sp³-hybridized carbons (Fsp3) is 0.625. The maximum absolute atomic E-state index is 12.5. The van der Waals surface area contributed by atoms with Gasteiger partial charge in [0, 0.05) is 18.7 Å². The first-order chi connectivity index (χ1) is 11.1. The monoisotopic (exact) mass is 363 g/mol. The van der Waals surface area contributed by atoms with E-state index in [4.69, 9.17) is 0 Å². The van der Waals surface area contributed by atoms with Gasteiger partial charge in [0.1, 0.15) is 5.75 Å². The molecule has 0 aromatic heterocycles. The van der Waals surface area contributed by atoms with Crippen LogP contribution in [0.4, 0.5) is 8.78 Å². The van der Waals surface area contributed by atoms with E-state index in [-0.39, 0.29) is 43.2 Å². The quantitative estimate of drug-likeness (QED) is 0.808. The first-order valence-corrected chi connectivity index (χ1v) is 9.61. The standard InChI is InChI=1S/C16H23F2NO4S/c1-11-7-13(14(8-12(11)2)23-15(17)18)9-19-10-16(20)3-5-24(21,22)6-4-16/h7-8,15,19-20H,3-6,9-10H2,1-2H3. The van der Waals surface area contributed by atoms with Crippen LogP contribution in [0.25, 0.3) is 0 Å². The number of hydrogen-bond acceptors (Lipinski definition) is 5. The smallest absolute Gasteiger partial charge is 0.387 e. The number of hydrogen-bond donors (Lipinski definition) is 2. The summed E-state index contributed by atoms with van der Waals surface area (Å²) < 4.78 is 52.5. The molecule has 136 valence electrons. The molecule has 1 aliphatic heterocycles. The van der Waals surface area contributed by atoms with Crippen molar-refractivity contribution in [1.82, 2.24) is 5.32 Å². The van der Waals surface area contributed by atoms with Crippen LogP contribution >= 0.6 is 0 Å². The van der Waals surface area contributed by atoms with Crippen LogP contribution in [0.5, 0.6) is 5.75 Å². The van der Waals surface area contributed by atoms with Crippen molar-refractivity contribution in [2.24, 2.45) is 0 Å². The van der Waals surface area contributed by atoms with Crippen molar-refractivity contribution >= 4 is 9.84 Å². The average molecular weight is 363 g/mol. The van der Waals surface area contributed by atoms with E-state index in [9.17, 15) is 22.3 Å². The number of alkyl halides is 2. The number of halogens is 2. The Morgan fingerprint density at radius 3 is 2.42 bits per heavy atom.